The molecule has 0 spiro atoms. The molecule has 6 heteroatoms. The smallest absolute Gasteiger partial charge is 0.151 e. The highest BCUT2D eigenvalue weighted by molar-refractivity contribution is 7.21. The first-order chi connectivity index (χ1) is 14.4. The van der Waals surface area contributed by atoms with E-state index in [1.54, 1.807) is 23.7 Å². The lowest BCUT2D eigenvalue weighted by atomic mass is 10.1. The second-order valence-corrected chi connectivity index (χ2v) is 7.67. The number of fused-ring (bicyclic) bond motifs is 3. The van der Waals surface area contributed by atoms with Crippen molar-refractivity contribution in [3.63, 3.8) is 0 Å². The van der Waals surface area contributed by atoms with Gasteiger partial charge >= 0.3 is 0 Å². The maximum absolute atomic E-state index is 6.08. The van der Waals surface area contributed by atoms with Gasteiger partial charge in [0.2, 0.25) is 0 Å². The molecule has 5 nitrogen and oxygen atoms in total. The molecule has 2 aromatic carbocycles. The van der Waals surface area contributed by atoms with Crippen molar-refractivity contribution < 1.29 is 4.74 Å². The molecule has 0 N–H and O–H groups in total. The first-order valence-corrected chi connectivity index (χ1v) is 10.0. The van der Waals surface area contributed by atoms with Gasteiger partial charge in [0.15, 0.2) is 11.5 Å². The lowest BCUT2D eigenvalue weighted by Crippen LogP contribution is -2.15. The molecule has 6 rings (SSSR count). The molecule has 0 fully saturated rings. The molecule has 5 aromatic rings. The highest BCUT2D eigenvalue weighted by Crippen LogP contribution is 2.49. The second-order valence-electron chi connectivity index (χ2n) is 6.64. The number of hydrogen-bond donors (Lipinski definition) is 0. The summed E-state index contributed by atoms with van der Waals surface area (Å²) in [5.74, 6) is 1.66. The summed E-state index contributed by atoms with van der Waals surface area (Å²) in [4.78, 5) is 15.7. The van der Waals surface area contributed by atoms with Gasteiger partial charge < -0.3 is 9.64 Å². The molecule has 0 bridgehead atoms. The van der Waals surface area contributed by atoms with Crippen LogP contribution in [0.5, 0.6) is 11.5 Å². The lowest BCUT2D eigenvalue weighted by molar-refractivity contribution is 0.477. The molecule has 0 amide bonds. The highest BCUT2D eigenvalue weighted by atomic mass is 32.1. The first kappa shape index (κ1) is 16.2. The van der Waals surface area contributed by atoms with E-state index >= 15 is 0 Å². The average molecular weight is 394 g/mol. The Morgan fingerprint density at radius 2 is 1.55 bits per heavy atom. The van der Waals surface area contributed by atoms with Crippen molar-refractivity contribution in [1.82, 2.24) is 15.0 Å². The zero-order valence-electron chi connectivity index (χ0n) is 15.2. The number of nitrogens with zero attached hydrogens (tertiary/aromatic N) is 4. The zero-order chi connectivity index (χ0) is 19.2. The van der Waals surface area contributed by atoms with Crippen LogP contribution in [0.1, 0.15) is 0 Å². The van der Waals surface area contributed by atoms with Gasteiger partial charge in [-0.3, -0.25) is 9.97 Å². The van der Waals surface area contributed by atoms with Gasteiger partial charge in [-0.05, 0) is 42.5 Å². The van der Waals surface area contributed by atoms with E-state index in [9.17, 15) is 0 Å². The number of hydrogen-bond acceptors (Lipinski definition) is 6. The van der Waals surface area contributed by atoms with Crippen molar-refractivity contribution >= 4 is 38.6 Å². The molecule has 0 unspecified atom stereocenters. The molecule has 0 aliphatic carbocycles. The normalized spacial score (nSPS) is 12.3. The fourth-order valence-corrected chi connectivity index (χ4v) is 4.43. The average Bonchev–Trinajstić information content (AvgIpc) is 3.22. The van der Waals surface area contributed by atoms with Crippen molar-refractivity contribution in [2.24, 2.45) is 0 Å². The number of ether oxygens (including phenoxy) is 1. The topological polar surface area (TPSA) is 51.1 Å². The van der Waals surface area contributed by atoms with Crippen LogP contribution in [-0.2, 0) is 0 Å². The molecule has 0 atom stereocenters. The monoisotopic (exact) mass is 394 g/mol. The molecular formula is C23H14N4OS. The van der Waals surface area contributed by atoms with Crippen LogP contribution in [0.4, 0.5) is 17.1 Å². The van der Waals surface area contributed by atoms with Crippen LogP contribution in [-0.4, -0.2) is 15.0 Å². The minimum atomic E-state index is 0.828. The molecule has 29 heavy (non-hydrogen) atoms. The summed E-state index contributed by atoms with van der Waals surface area (Å²) in [7, 11) is 0. The number of benzene rings is 2. The van der Waals surface area contributed by atoms with E-state index in [0.717, 1.165) is 49.5 Å². The quantitative estimate of drug-likeness (QED) is 0.343. The van der Waals surface area contributed by atoms with Crippen LogP contribution in [0.3, 0.4) is 0 Å². The molecule has 0 radical (unpaired) electrons. The van der Waals surface area contributed by atoms with Crippen molar-refractivity contribution in [3.05, 3.63) is 85.3 Å². The van der Waals surface area contributed by atoms with E-state index in [1.807, 2.05) is 54.7 Å². The Labute approximate surface area is 170 Å². The van der Waals surface area contributed by atoms with E-state index in [0.29, 0.717) is 0 Å². The fraction of sp³-hybridized carbons (Fsp3) is 0. The minimum absolute atomic E-state index is 0.828. The van der Waals surface area contributed by atoms with Crippen LogP contribution < -0.4 is 9.64 Å². The predicted octanol–water partition coefficient (Wildman–Crippen LogP) is 6.33. The van der Waals surface area contributed by atoms with E-state index in [-0.39, 0.29) is 0 Å². The minimum Gasteiger partial charge on any atom is -0.453 e. The summed E-state index contributed by atoms with van der Waals surface area (Å²) in [6.07, 6.45) is 5.46. The number of aromatic nitrogens is 3. The third-order valence-corrected chi connectivity index (χ3v) is 5.91. The Bertz CT molecular complexity index is 1270. The Morgan fingerprint density at radius 3 is 2.24 bits per heavy atom. The molecule has 1 aliphatic rings. The molecule has 0 saturated heterocycles. The summed E-state index contributed by atoms with van der Waals surface area (Å²) in [6, 6.07) is 22.1. The van der Waals surface area contributed by atoms with Gasteiger partial charge in [-0.25, -0.2) is 4.98 Å². The van der Waals surface area contributed by atoms with Gasteiger partial charge in [0.05, 0.1) is 39.8 Å². The van der Waals surface area contributed by atoms with Gasteiger partial charge in [-0.1, -0.05) is 24.3 Å². The van der Waals surface area contributed by atoms with Crippen LogP contribution in [0.25, 0.3) is 20.9 Å². The molecule has 1 aliphatic heterocycles. The van der Waals surface area contributed by atoms with Crippen molar-refractivity contribution in [3.8, 4) is 22.2 Å². The maximum Gasteiger partial charge on any atom is 0.151 e. The van der Waals surface area contributed by atoms with Gasteiger partial charge in [-0.15, -0.1) is 11.3 Å². The highest BCUT2D eigenvalue weighted by Gasteiger charge is 2.25. The number of pyridine rings is 2. The SMILES string of the molecule is c1ccc2c(c1)Oc1ccccc1N2c1ccc(-c2nc3cnccc3s2)nc1. The van der Waals surface area contributed by atoms with Crippen LogP contribution in [0.15, 0.2) is 85.3 Å². The molecule has 0 saturated carbocycles. The van der Waals surface area contributed by atoms with E-state index in [1.165, 1.54) is 0 Å². The number of para-hydroxylation sites is 4. The van der Waals surface area contributed by atoms with Crippen LogP contribution in [0, 0.1) is 0 Å². The third-order valence-electron chi connectivity index (χ3n) is 4.85. The van der Waals surface area contributed by atoms with E-state index in [4.69, 9.17) is 9.72 Å². The Morgan fingerprint density at radius 1 is 0.793 bits per heavy atom. The van der Waals surface area contributed by atoms with E-state index in [2.05, 4.69) is 33.1 Å². The summed E-state index contributed by atoms with van der Waals surface area (Å²) in [5, 5.41) is 0.891. The van der Waals surface area contributed by atoms with Gasteiger partial charge in [0.1, 0.15) is 10.5 Å². The number of thiazole rings is 1. The Balaban J connectivity index is 1.44. The summed E-state index contributed by atoms with van der Waals surface area (Å²) >= 11 is 1.62. The van der Waals surface area contributed by atoms with Crippen LogP contribution >= 0.6 is 11.3 Å². The standard InChI is InChI=1S/C23H14N4OS/c1-3-7-20-18(5-1)27(19-6-2-4-8-21(19)28-20)15-9-10-16(25-13-15)23-26-17-14-24-12-11-22(17)29-23/h1-14H. The fourth-order valence-electron chi connectivity index (χ4n) is 3.52. The van der Waals surface area contributed by atoms with Gasteiger partial charge in [0, 0.05) is 6.20 Å². The summed E-state index contributed by atoms with van der Waals surface area (Å²) in [6.45, 7) is 0. The Kier molecular flexibility index (Phi) is 3.57. The van der Waals surface area contributed by atoms with E-state index < -0.39 is 0 Å². The molecular weight excluding hydrogens is 380 g/mol. The van der Waals surface area contributed by atoms with Crippen LogP contribution in [0.2, 0.25) is 0 Å². The van der Waals surface area contributed by atoms with Crippen molar-refractivity contribution in [2.45, 2.75) is 0 Å². The summed E-state index contributed by atoms with van der Waals surface area (Å²) < 4.78 is 7.19. The van der Waals surface area contributed by atoms with Gasteiger partial charge in [0.25, 0.3) is 0 Å². The largest absolute Gasteiger partial charge is 0.453 e. The summed E-state index contributed by atoms with van der Waals surface area (Å²) in [5.41, 5.74) is 4.71. The van der Waals surface area contributed by atoms with Gasteiger partial charge in [-0.2, -0.15) is 0 Å². The maximum atomic E-state index is 6.08. The van der Waals surface area contributed by atoms with Crippen molar-refractivity contribution in [2.75, 3.05) is 4.90 Å². The first-order valence-electron chi connectivity index (χ1n) is 9.20. The number of anilines is 3. The third kappa shape index (κ3) is 2.65. The number of rotatable bonds is 2. The Hall–Kier alpha value is -3.77. The van der Waals surface area contributed by atoms with Crippen molar-refractivity contribution in [1.29, 1.82) is 0 Å². The molecule has 4 heterocycles. The predicted molar refractivity (Wildman–Crippen MR) is 115 cm³/mol. The second kappa shape index (κ2) is 6.39. The lowest BCUT2D eigenvalue weighted by Gasteiger charge is -2.32. The molecule has 3 aromatic heterocycles. The zero-order valence-corrected chi connectivity index (χ0v) is 16.0. The molecule has 138 valence electrons.